The second kappa shape index (κ2) is 4.78. The molecule has 0 heterocycles. The van der Waals surface area contributed by atoms with Crippen LogP contribution in [-0.2, 0) is 5.41 Å². The van der Waals surface area contributed by atoms with Gasteiger partial charge in [0.2, 0.25) is 0 Å². The van der Waals surface area contributed by atoms with Crippen molar-refractivity contribution in [3.05, 3.63) is 35.9 Å². The number of nitrogens with one attached hydrogen (secondary N) is 2. The Kier molecular flexibility index (Phi) is 3.36. The molecule has 1 aromatic rings. The molecule has 1 aliphatic rings. The fraction of sp³-hybridized carbons (Fsp3) is 0.500. The molecule has 0 unspecified atom stereocenters. The average Bonchev–Trinajstić information content (AvgIpc) is 2.34. The van der Waals surface area contributed by atoms with Gasteiger partial charge in [-0.15, -0.1) is 0 Å². The standard InChI is InChI=1S/C14H21N3/c1-14(11-7-5-4-6-8-11)9-12(10-14)17-13(15-2)16-3/h4-8,12H,9-10H2,1-3H3,(H2,15,16,17). The van der Waals surface area contributed by atoms with Crippen LogP contribution in [-0.4, -0.2) is 26.1 Å². The first-order valence-electron chi connectivity index (χ1n) is 6.14. The molecule has 1 aliphatic carbocycles. The van der Waals surface area contributed by atoms with E-state index in [9.17, 15) is 0 Å². The van der Waals surface area contributed by atoms with Crippen LogP contribution in [0.5, 0.6) is 0 Å². The van der Waals surface area contributed by atoms with Gasteiger partial charge in [0.25, 0.3) is 0 Å². The maximum atomic E-state index is 4.14. The van der Waals surface area contributed by atoms with E-state index in [2.05, 4.69) is 52.9 Å². The van der Waals surface area contributed by atoms with Crippen molar-refractivity contribution in [2.24, 2.45) is 4.99 Å². The van der Waals surface area contributed by atoms with Crippen molar-refractivity contribution < 1.29 is 0 Å². The van der Waals surface area contributed by atoms with E-state index in [1.807, 2.05) is 7.05 Å². The summed E-state index contributed by atoms with van der Waals surface area (Å²) >= 11 is 0. The van der Waals surface area contributed by atoms with Crippen molar-refractivity contribution >= 4 is 5.96 Å². The van der Waals surface area contributed by atoms with Gasteiger partial charge in [-0.05, 0) is 23.8 Å². The molecule has 0 atom stereocenters. The molecule has 0 aliphatic heterocycles. The number of rotatable bonds is 2. The Morgan fingerprint density at radius 2 is 1.94 bits per heavy atom. The molecule has 0 saturated heterocycles. The molecule has 0 aromatic heterocycles. The predicted octanol–water partition coefficient (Wildman–Crippen LogP) is 1.90. The minimum Gasteiger partial charge on any atom is -0.359 e. The van der Waals surface area contributed by atoms with Gasteiger partial charge < -0.3 is 10.6 Å². The molecule has 1 fully saturated rings. The van der Waals surface area contributed by atoms with Crippen LogP contribution in [0.3, 0.4) is 0 Å². The van der Waals surface area contributed by atoms with Gasteiger partial charge in [-0.25, -0.2) is 0 Å². The maximum absolute atomic E-state index is 4.14. The van der Waals surface area contributed by atoms with E-state index in [-0.39, 0.29) is 0 Å². The Labute approximate surface area is 103 Å². The Balaban J connectivity index is 1.94. The first-order valence-corrected chi connectivity index (χ1v) is 6.14. The van der Waals surface area contributed by atoms with E-state index in [1.54, 1.807) is 7.05 Å². The zero-order valence-corrected chi connectivity index (χ0v) is 10.8. The van der Waals surface area contributed by atoms with Crippen molar-refractivity contribution in [2.75, 3.05) is 14.1 Å². The van der Waals surface area contributed by atoms with Crippen molar-refractivity contribution in [1.82, 2.24) is 10.6 Å². The molecule has 92 valence electrons. The summed E-state index contributed by atoms with van der Waals surface area (Å²) in [5.74, 6) is 0.880. The number of hydrogen-bond donors (Lipinski definition) is 2. The lowest BCUT2D eigenvalue weighted by Crippen LogP contribution is -2.54. The quantitative estimate of drug-likeness (QED) is 0.602. The first kappa shape index (κ1) is 12.0. The highest BCUT2D eigenvalue weighted by molar-refractivity contribution is 5.79. The molecular formula is C14H21N3. The van der Waals surface area contributed by atoms with Crippen LogP contribution in [0.1, 0.15) is 25.3 Å². The van der Waals surface area contributed by atoms with Crippen LogP contribution >= 0.6 is 0 Å². The van der Waals surface area contributed by atoms with E-state index in [0.717, 1.165) is 18.8 Å². The maximum Gasteiger partial charge on any atom is 0.190 e. The highest BCUT2D eigenvalue weighted by Gasteiger charge is 2.41. The van der Waals surface area contributed by atoms with Gasteiger partial charge in [0.05, 0.1) is 0 Å². The summed E-state index contributed by atoms with van der Waals surface area (Å²) in [6.45, 7) is 2.34. The van der Waals surface area contributed by atoms with E-state index in [1.165, 1.54) is 5.56 Å². The predicted molar refractivity (Wildman–Crippen MR) is 72.4 cm³/mol. The summed E-state index contributed by atoms with van der Waals surface area (Å²) in [7, 11) is 3.69. The summed E-state index contributed by atoms with van der Waals surface area (Å²) in [6, 6.07) is 11.3. The lowest BCUT2D eigenvalue weighted by atomic mass is 9.63. The van der Waals surface area contributed by atoms with Gasteiger partial charge in [0.1, 0.15) is 0 Å². The summed E-state index contributed by atoms with van der Waals surface area (Å²) in [4.78, 5) is 4.14. The molecule has 0 amide bonds. The smallest absolute Gasteiger partial charge is 0.190 e. The van der Waals surface area contributed by atoms with Crippen LogP contribution in [0, 0.1) is 0 Å². The SMILES string of the molecule is CN=C(NC)NC1CC(C)(c2ccccc2)C1. The number of hydrogen-bond acceptors (Lipinski definition) is 1. The fourth-order valence-corrected chi connectivity index (χ4v) is 2.65. The highest BCUT2D eigenvalue weighted by atomic mass is 15.2. The molecule has 3 nitrogen and oxygen atoms in total. The number of aliphatic imine (C=N–C) groups is 1. The third-order valence-electron chi connectivity index (χ3n) is 3.67. The Bertz CT molecular complexity index is 391. The zero-order chi connectivity index (χ0) is 12.3. The van der Waals surface area contributed by atoms with Gasteiger partial charge in [-0.1, -0.05) is 37.3 Å². The largest absolute Gasteiger partial charge is 0.359 e. The van der Waals surface area contributed by atoms with E-state index < -0.39 is 0 Å². The number of guanidine groups is 1. The Hall–Kier alpha value is -1.51. The third kappa shape index (κ3) is 2.43. The third-order valence-corrected chi connectivity index (χ3v) is 3.67. The minimum absolute atomic E-state index is 0.325. The number of nitrogens with zero attached hydrogens (tertiary/aromatic N) is 1. The summed E-state index contributed by atoms with van der Waals surface area (Å²) in [6.07, 6.45) is 2.33. The van der Waals surface area contributed by atoms with E-state index >= 15 is 0 Å². The Morgan fingerprint density at radius 1 is 1.29 bits per heavy atom. The normalized spacial score (nSPS) is 28.4. The summed E-state index contributed by atoms with van der Waals surface area (Å²) in [5, 5.41) is 6.47. The zero-order valence-electron chi connectivity index (χ0n) is 10.8. The minimum atomic E-state index is 0.325. The molecule has 2 rings (SSSR count). The first-order chi connectivity index (χ1) is 8.18. The van der Waals surface area contributed by atoms with Crippen LogP contribution in [0.25, 0.3) is 0 Å². The molecule has 0 radical (unpaired) electrons. The molecule has 0 bridgehead atoms. The highest BCUT2D eigenvalue weighted by Crippen LogP contribution is 2.43. The molecule has 17 heavy (non-hydrogen) atoms. The van der Waals surface area contributed by atoms with Gasteiger partial charge in [-0.2, -0.15) is 0 Å². The van der Waals surface area contributed by atoms with Crippen molar-refractivity contribution in [1.29, 1.82) is 0 Å². The second-order valence-electron chi connectivity index (χ2n) is 5.00. The lowest BCUT2D eigenvalue weighted by molar-refractivity contribution is 0.209. The van der Waals surface area contributed by atoms with E-state index in [4.69, 9.17) is 0 Å². The topological polar surface area (TPSA) is 36.4 Å². The summed E-state index contributed by atoms with van der Waals surface area (Å²) in [5.41, 5.74) is 1.77. The van der Waals surface area contributed by atoms with E-state index in [0.29, 0.717) is 11.5 Å². The van der Waals surface area contributed by atoms with Gasteiger partial charge >= 0.3 is 0 Å². The molecule has 0 spiro atoms. The van der Waals surface area contributed by atoms with Gasteiger partial charge in [-0.3, -0.25) is 4.99 Å². The van der Waals surface area contributed by atoms with Crippen LogP contribution in [0.2, 0.25) is 0 Å². The molecule has 3 heteroatoms. The second-order valence-corrected chi connectivity index (χ2v) is 5.00. The fourth-order valence-electron chi connectivity index (χ4n) is 2.65. The van der Waals surface area contributed by atoms with Crippen molar-refractivity contribution in [2.45, 2.75) is 31.2 Å². The van der Waals surface area contributed by atoms with Crippen LogP contribution in [0.15, 0.2) is 35.3 Å². The lowest BCUT2D eigenvalue weighted by Gasteiger charge is -2.46. The van der Waals surface area contributed by atoms with Gasteiger partial charge in [0, 0.05) is 20.1 Å². The molecule has 2 N–H and O–H groups in total. The number of benzene rings is 1. The van der Waals surface area contributed by atoms with Crippen molar-refractivity contribution in [3.8, 4) is 0 Å². The Morgan fingerprint density at radius 3 is 2.47 bits per heavy atom. The monoisotopic (exact) mass is 231 g/mol. The average molecular weight is 231 g/mol. The van der Waals surface area contributed by atoms with Gasteiger partial charge in [0.15, 0.2) is 5.96 Å². The van der Waals surface area contributed by atoms with Crippen molar-refractivity contribution in [3.63, 3.8) is 0 Å². The molecular weight excluding hydrogens is 210 g/mol. The molecule has 1 saturated carbocycles. The summed E-state index contributed by atoms with van der Waals surface area (Å²) < 4.78 is 0. The van der Waals surface area contributed by atoms with Crippen LogP contribution < -0.4 is 10.6 Å². The van der Waals surface area contributed by atoms with Crippen LogP contribution in [0.4, 0.5) is 0 Å². The molecule has 1 aromatic carbocycles.